The van der Waals surface area contributed by atoms with E-state index in [2.05, 4.69) is 17.4 Å². The van der Waals surface area contributed by atoms with E-state index in [1.165, 1.54) is 0 Å². The van der Waals surface area contributed by atoms with Crippen molar-refractivity contribution in [3.8, 4) is 11.1 Å². The second-order valence-electron chi connectivity index (χ2n) is 7.56. The predicted octanol–water partition coefficient (Wildman–Crippen LogP) is 3.33. The first-order chi connectivity index (χ1) is 14.2. The van der Waals surface area contributed by atoms with Crippen LogP contribution in [0.1, 0.15) is 12.8 Å². The number of nitrogens with zero attached hydrogens (tertiary/aromatic N) is 2. The van der Waals surface area contributed by atoms with Crippen LogP contribution in [0.2, 0.25) is 0 Å². The van der Waals surface area contributed by atoms with Crippen LogP contribution in [0.4, 0.5) is 5.69 Å². The molecule has 29 heavy (non-hydrogen) atoms. The maximum absolute atomic E-state index is 12.9. The number of rotatable bonds is 5. The molecule has 0 spiro atoms. The minimum atomic E-state index is -0.149. The molecule has 2 fully saturated rings. The normalized spacial score (nSPS) is 19.9. The maximum Gasteiger partial charge on any atom is 0.239 e. The number of hydrogen-bond acceptors (Lipinski definition) is 4. The molecule has 0 radical (unpaired) electrons. The van der Waals surface area contributed by atoms with Crippen LogP contribution in [0.5, 0.6) is 0 Å². The van der Waals surface area contributed by atoms with Crippen molar-refractivity contribution in [1.29, 1.82) is 0 Å². The third-order valence-electron chi connectivity index (χ3n) is 5.59. The number of carbonyl (C=O) groups is 2. The van der Waals surface area contributed by atoms with Crippen LogP contribution in [0.25, 0.3) is 11.1 Å². The standard InChI is InChI=1S/C23H27N3O2S/c27-22(24-20-10-8-19(9-11-20)18-5-2-1-3-6-18)17-26-12-4-7-21(26)23(28)25-13-15-29-16-14-25/h1-3,5-6,8-11,21H,4,7,12-17H2,(H,24,27). The molecule has 2 aromatic carbocycles. The van der Waals surface area contributed by atoms with Crippen molar-refractivity contribution in [3.63, 3.8) is 0 Å². The van der Waals surface area contributed by atoms with E-state index in [1.807, 2.05) is 64.0 Å². The van der Waals surface area contributed by atoms with Crippen molar-refractivity contribution in [2.75, 3.05) is 43.0 Å². The first-order valence-corrected chi connectivity index (χ1v) is 11.4. The summed E-state index contributed by atoms with van der Waals surface area (Å²) >= 11 is 1.90. The number of nitrogens with one attached hydrogen (secondary N) is 1. The summed E-state index contributed by atoms with van der Waals surface area (Å²) in [4.78, 5) is 29.5. The van der Waals surface area contributed by atoms with Gasteiger partial charge in [-0.25, -0.2) is 0 Å². The van der Waals surface area contributed by atoms with Crippen LogP contribution in [-0.4, -0.2) is 65.3 Å². The lowest BCUT2D eigenvalue weighted by Gasteiger charge is -2.32. The molecule has 0 bridgehead atoms. The lowest BCUT2D eigenvalue weighted by molar-refractivity contribution is -0.136. The molecule has 1 unspecified atom stereocenters. The zero-order valence-electron chi connectivity index (χ0n) is 16.5. The van der Waals surface area contributed by atoms with Crippen LogP contribution >= 0.6 is 11.8 Å². The van der Waals surface area contributed by atoms with E-state index in [9.17, 15) is 9.59 Å². The smallest absolute Gasteiger partial charge is 0.239 e. The number of carbonyl (C=O) groups excluding carboxylic acids is 2. The Bertz CT molecular complexity index is 835. The van der Waals surface area contributed by atoms with Gasteiger partial charge in [0.1, 0.15) is 0 Å². The third-order valence-corrected chi connectivity index (χ3v) is 6.54. The molecule has 2 aliphatic rings. The second kappa shape index (κ2) is 9.46. The van der Waals surface area contributed by atoms with E-state index >= 15 is 0 Å². The summed E-state index contributed by atoms with van der Waals surface area (Å²) in [6.45, 7) is 2.72. The molecule has 2 aliphatic heterocycles. The topological polar surface area (TPSA) is 52.7 Å². The lowest BCUT2D eigenvalue weighted by atomic mass is 10.1. The number of likely N-dealkylation sites (tertiary alicyclic amines) is 1. The molecule has 0 aromatic heterocycles. The highest BCUT2D eigenvalue weighted by molar-refractivity contribution is 7.99. The van der Waals surface area contributed by atoms with E-state index in [0.717, 1.165) is 60.8 Å². The van der Waals surface area contributed by atoms with Gasteiger partial charge in [-0.05, 0) is 42.6 Å². The fraction of sp³-hybridized carbons (Fsp3) is 0.391. The Morgan fingerprint density at radius 3 is 2.34 bits per heavy atom. The summed E-state index contributed by atoms with van der Waals surface area (Å²) in [5, 5.41) is 2.98. The van der Waals surface area contributed by atoms with Crippen molar-refractivity contribution >= 4 is 29.3 Å². The van der Waals surface area contributed by atoms with Gasteiger partial charge in [0.05, 0.1) is 12.6 Å². The number of benzene rings is 2. The fourth-order valence-corrected chi connectivity index (χ4v) is 4.95. The number of amides is 2. The van der Waals surface area contributed by atoms with Gasteiger partial charge < -0.3 is 10.2 Å². The van der Waals surface area contributed by atoms with Gasteiger partial charge >= 0.3 is 0 Å². The van der Waals surface area contributed by atoms with Crippen molar-refractivity contribution in [1.82, 2.24) is 9.80 Å². The molecule has 5 nitrogen and oxygen atoms in total. The Kier molecular flexibility index (Phi) is 6.52. The van der Waals surface area contributed by atoms with E-state index < -0.39 is 0 Å². The van der Waals surface area contributed by atoms with Crippen LogP contribution in [0.3, 0.4) is 0 Å². The van der Waals surface area contributed by atoms with Crippen LogP contribution in [0.15, 0.2) is 54.6 Å². The average molecular weight is 410 g/mol. The summed E-state index contributed by atoms with van der Waals surface area (Å²) in [5.74, 6) is 2.16. The number of thioether (sulfide) groups is 1. The summed E-state index contributed by atoms with van der Waals surface area (Å²) in [6.07, 6.45) is 1.82. The van der Waals surface area contributed by atoms with Gasteiger partial charge in [-0.3, -0.25) is 14.5 Å². The quantitative estimate of drug-likeness (QED) is 0.823. The van der Waals surface area contributed by atoms with Gasteiger partial charge in [0.25, 0.3) is 0 Å². The molecule has 152 valence electrons. The summed E-state index contributed by atoms with van der Waals surface area (Å²) in [7, 11) is 0. The van der Waals surface area contributed by atoms with Gasteiger partial charge in [0, 0.05) is 30.3 Å². The highest BCUT2D eigenvalue weighted by Gasteiger charge is 2.34. The molecule has 4 rings (SSSR count). The highest BCUT2D eigenvalue weighted by Crippen LogP contribution is 2.23. The molecule has 2 heterocycles. The second-order valence-corrected chi connectivity index (χ2v) is 8.78. The Labute approximate surface area is 176 Å². The van der Waals surface area contributed by atoms with Crippen molar-refractivity contribution in [2.45, 2.75) is 18.9 Å². The monoisotopic (exact) mass is 409 g/mol. The molecule has 2 amide bonds. The Balaban J connectivity index is 1.33. The predicted molar refractivity (Wildman–Crippen MR) is 119 cm³/mol. The van der Waals surface area contributed by atoms with E-state index in [4.69, 9.17) is 0 Å². The lowest BCUT2D eigenvalue weighted by Crippen LogP contribution is -2.49. The SMILES string of the molecule is O=C(CN1CCCC1C(=O)N1CCSCC1)Nc1ccc(-c2ccccc2)cc1. The van der Waals surface area contributed by atoms with Crippen molar-refractivity contribution in [2.24, 2.45) is 0 Å². The molecule has 1 atom stereocenters. The van der Waals surface area contributed by atoms with Gasteiger partial charge in [0.2, 0.25) is 11.8 Å². The molecule has 0 aliphatic carbocycles. The summed E-state index contributed by atoms with van der Waals surface area (Å²) in [5.41, 5.74) is 3.05. The Morgan fingerprint density at radius 1 is 0.931 bits per heavy atom. The fourth-order valence-electron chi connectivity index (χ4n) is 4.05. The molecule has 0 saturated carbocycles. The van der Waals surface area contributed by atoms with Gasteiger partial charge in [-0.2, -0.15) is 11.8 Å². The van der Waals surface area contributed by atoms with Gasteiger partial charge in [-0.15, -0.1) is 0 Å². The molecule has 2 saturated heterocycles. The van der Waals surface area contributed by atoms with Crippen molar-refractivity contribution < 1.29 is 9.59 Å². The number of anilines is 1. The largest absolute Gasteiger partial charge is 0.340 e. The summed E-state index contributed by atoms with van der Waals surface area (Å²) < 4.78 is 0. The first-order valence-electron chi connectivity index (χ1n) is 10.3. The van der Waals surface area contributed by atoms with Crippen LogP contribution < -0.4 is 5.32 Å². The zero-order valence-corrected chi connectivity index (χ0v) is 17.4. The number of hydrogen-bond donors (Lipinski definition) is 1. The van der Waals surface area contributed by atoms with Gasteiger partial charge in [0.15, 0.2) is 0 Å². The Morgan fingerprint density at radius 2 is 1.62 bits per heavy atom. The Hall–Kier alpha value is -2.31. The summed E-state index contributed by atoms with van der Waals surface area (Å²) in [6, 6.07) is 17.9. The van der Waals surface area contributed by atoms with Crippen LogP contribution in [-0.2, 0) is 9.59 Å². The first kappa shape index (κ1) is 20.0. The molecule has 6 heteroatoms. The molecule has 2 aromatic rings. The van der Waals surface area contributed by atoms with Gasteiger partial charge in [-0.1, -0.05) is 42.5 Å². The van der Waals surface area contributed by atoms with E-state index in [-0.39, 0.29) is 24.4 Å². The third kappa shape index (κ3) is 5.00. The average Bonchev–Trinajstić information content (AvgIpc) is 3.23. The van der Waals surface area contributed by atoms with E-state index in [0.29, 0.717) is 0 Å². The van der Waals surface area contributed by atoms with E-state index in [1.54, 1.807) is 0 Å². The molecule has 1 N–H and O–H groups in total. The molecular formula is C23H27N3O2S. The maximum atomic E-state index is 12.9. The van der Waals surface area contributed by atoms with Crippen LogP contribution in [0, 0.1) is 0 Å². The van der Waals surface area contributed by atoms with Crippen molar-refractivity contribution in [3.05, 3.63) is 54.6 Å². The minimum absolute atomic E-state index is 0.0636. The minimum Gasteiger partial charge on any atom is -0.340 e. The molecular weight excluding hydrogens is 382 g/mol. The highest BCUT2D eigenvalue weighted by atomic mass is 32.2. The zero-order chi connectivity index (χ0) is 20.1.